The van der Waals surface area contributed by atoms with Gasteiger partial charge in [-0.05, 0) is 45.4 Å². The van der Waals surface area contributed by atoms with Crippen molar-refractivity contribution < 1.29 is 32.4 Å². The number of nitrogens with zero attached hydrogens (tertiary/aromatic N) is 1. The molecule has 1 N–H and O–H groups in total. The Kier molecular flexibility index (Phi) is 7.69. The summed E-state index contributed by atoms with van der Waals surface area (Å²) in [4.78, 5) is 38.4. The van der Waals surface area contributed by atoms with E-state index in [0.29, 0.717) is 12.8 Å². The molecule has 0 amide bonds. The number of hydrogen-bond donors (Lipinski definition) is 1. The van der Waals surface area contributed by atoms with Gasteiger partial charge in [0.25, 0.3) is 5.56 Å². The van der Waals surface area contributed by atoms with Crippen LogP contribution >= 0.6 is 7.82 Å². The van der Waals surface area contributed by atoms with Crippen LogP contribution in [0.5, 0.6) is 0 Å². The summed E-state index contributed by atoms with van der Waals surface area (Å²) in [5, 5.41) is 0. The van der Waals surface area contributed by atoms with Crippen LogP contribution in [0.4, 0.5) is 0 Å². The fourth-order valence-electron chi connectivity index (χ4n) is 4.79. The van der Waals surface area contributed by atoms with Crippen molar-refractivity contribution in [2.75, 3.05) is 13.2 Å². The number of nitrogens with one attached hydrogen (secondary N) is 1. The van der Waals surface area contributed by atoms with Crippen LogP contribution < -0.4 is 11.2 Å². The fourth-order valence-corrected chi connectivity index (χ4v) is 6.28. The number of phosphoric acid groups is 1. The standard InChI is InChI=1S/C23H31N2O9P/c1-4-15(20(27)32-16-8-6-7-9-16)11-13-30-35(29)31-14-17-19(34-35)23(3,5-2)21(33-17)25-12-10-18(26)24-22(25)28/h2,10,12,15-17,19,21H,4,6-9,11,13-14H2,1,3H3,(H,24,26,28)/t15?,17-,19-,21-,23-,35-/m1/s1. The lowest BCUT2D eigenvalue weighted by Gasteiger charge is -2.35. The van der Waals surface area contributed by atoms with E-state index in [4.69, 9.17) is 29.5 Å². The minimum absolute atomic E-state index is 0.0236. The van der Waals surface area contributed by atoms with Crippen LogP contribution in [0.2, 0.25) is 0 Å². The van der Waals surface area contributed by atoms with Crippen LogP contribution in [0.25, 0.3) is 0 Å². The molecule has 0 aromatic carbocycles. The van der Waals surface area contributed by atoms with E-state index in [1.165, 1.54) is 12.3 Å². The van der Waals surface area contributed by atoms with Crippen molar-refractivity contribution in [1.29, 1.82) is 0 Å². The Morgan fingerprint density at radius 1 is 1.40 bits per heavy atom. The zero-order valence-electron chi connectivity index (χ0n) is 19.8. The molecule has 11 nitrogen and oxygen atoms in total. The number of hydrogen-bond acceptors (Lipinski definition) is 9. The Morgan fingerprint density at radius 2 is 2.14 bits per heavy atom. The molecule has 1 saturated carbocycles. The molecule has 4 rings (SSSR count). The highest BCUT2D eigenvalue weighted by molar-refractivity contribution is 7.48. The van der Waals surface area contributed by atoms with E-state index in [2.05, 4.69) is 10.9 Å². The van der Waals surface area contributed by atoms with Crippen LogP contribution in [-0.2, 0) is 32.4 Å². The van der Waals surface area contributed by atoms with E-state index >= 15 is 0 Å². The van der Waals surface area contributed by atoms with Gasteiger partial charge in [0.1, 0.15) is 23.7 Å². The molecule has 35 heavy (non-hydrogen) atoms. The number of aromatic amines is 1. The van der Waals surface area contributed by atoms with Crippen LogP contribution in [-0.4, -0.2) is 47.0 Å². The number of fused-ring (bicyclic) bond motifs is 1. The molecule has 0 radical (unpaired) electrons. The quantitative estimate of drug-likeness (QED) is 0.318. The van der Waals surface area contributed by atoms with Crippen LogP contribution in [0.15, 0.2) is 21.9 Å². The van der Waals surface area contributed by atoms with Crippen LogP contribution in [0, 0.1) is 23.7 Å². The first-order chi connectivity index (χ1) is 16.7. The number of phosphoric ester groups is 1. The SMILES string of the molecule is C#C[C@]1(C)[C@@H]2O[P@](=O)(OCCC(CC)C(=O)OC3CCCC3)OC[C@H]2O[C@H]1n1ccc(=O)[nH]c1=O. The summed E-state index contributed by atoms with van der Waals surface area (Å²) in [5.74, 6) is 1.95. The maximum Gasteiger partial charge on any atom is 0.475 e. The van der Waals surface area contributed by atoms with Crippen molar-refractivity contribution in [2.24, 2.45) is 11.3 Å². The zero-order chi connectivity index (χ0) is 25.2. The van der Waals surface area contributed by atoms with E-state index in [0.717, 1.165) is 30.3 Å². The molecule has 1 aromatic rings. The Hall–Kier alpha value is -2.22. The number of terminal acetylenes is 1. The molecule has 0 spiro atoms. The highest BCUT2D eigenvalue weighted by Crippen LogP contribution is 2.60. The van der Waals surface area contributed by atoms with Crippen LogP contribution in [0.1, 0.15) is 58.6 Å². The summed E-state index contributed by atoms with van der Waals surface area (Å²) in [6.45, 7) is 3.35. The Labute approximate surface area is 203 Å². The topological polar surface area (TPSA) is 135 Å². The molecule has 3 fully saturated rings. The van der Waals surface area contributed by atoms with Gasteiger partial charge in [0.2, 0.25) is 0 Å². The van der Waals surface area contributed by atoms with Crippen LogP contribution in [0.3, 0.4) is 0 Å². The van der Waals surface area contributed by atoms with Crippen molar-refractivity contribution in [3.63, 3.8) is 0 Å². The third kappa shape index (κ3) is 5.32. The number of aromatic nitrogens is 2. The lowest BCUT2D eigenvalue weighted by molar-refractivity contribution is -0.154. The van der Waals surface area contributed by atoms with Gasteiger partial charge >= 0.3 is 19.5 Å². The summed E-state index contributed by atoms with van der Waals surface area (Å²) >= 11 is 0. The van der Waals surface area contributed by atoms with Gasteiger partial charge in [0.15, 0.2) is 6.23 Å². The molecular formula is C23H31N2O9P. The molecule has 6 atom stereocenters. The van der Waals surface area contributed by atoms with Gasteiger partial charge in [-0.25, -0.2) is 9.36 Å². The average molecular weight is 510 g/mol. The average Bonchev–Trinajstić information content (AvgIpc) is 3.43. The number of H-pyrrole nitrogens is 1. The highest BCUT2D eigenvalue weighted by atomic mass is 31.2. The number of ether oxygens (including phenoxy) is 2. The highest BCUT2D eigenvalue weighted by Gasteiger charge is 2.60. The number of esters is 1. The van der Waals surface area contributed by atoms with Gasteiger partial charge in [-0.3, -0.25) is 32.7 Å². The zero-order valence-corrected chi connectivity index (χ0v) is 20.7. The molecule has 1 unspecified atom stereocenters. The summed E-state index contributed by atoms with van der Waals surface area (Å²) < 4.78 is 42.6. The predicted octanol–water partition coefficient (Wildman–Crippen LogP) is 2.52. The van der Waals surface area contributed by atoms with Crippen molar-refractivity contribution in [2.45, 2.75) is 76.9 Å². The number of carbonyl (C=O) groups excluding carboxylic acids is 1. The lowest BCUT2D eigenvalue weighted by atomic mass is 9.83. The third-order valence-electron chi connectivity index (χ3n) is 6.93. The molecule has 2 saturated heterocycles. The summed E-state index contributed by atoms with van der Waals surface area (Å²) in [7, 11) is -4.01. The van der Waals surface area contributed by atoms with E-state index in [1.807, 2.05) is 6.92 Å². The first-order valence-corrected chi connectivity index (χ1v) is 13.4. The van der Waals surface area contributed by atoms with Crippen molar-refractivity contribution in [3.05, 3.63) is 33.1 Å². The number of carbonyl (C=O) groups is 1. The van der Waals surface area contributed by atoms with Crippen molar-refractivity contribution >= 4 is 13.8 Å². The van der Waals surface area contributed by atoms with E-state index in [9.17, 15) is 18.9 Å². The second-order valence-electron chi connectivity index (χ2n) is 9.31. The Morgan fingerprint density at radius 3 is 2.80 bits per heavy atom. The molecular weight excluding hydrogens is 479 g/mol. The van der Waals surface area contributed by atoms with E-state index < -0.39 is 42.9 Å². The molecule has 0 bridgehead atoms. The van der Waals surface area contributed by atoms with Gasteiger partial charge in [-0.2, -0.15) is 0 Å². The largest absolute Gasteiger partial charge is 0.475 e. The van der Waals surface area contributed by atoms with Gasteiger partial charge < -0.3 is 9.47 Å². The minimum atomic E-state index is -4.01. The molecule has 12 heteroatoms. The molecule has 1 aliphatic carbocycles. The first-order valence-electron chi connectivity index (χ1n) is 11.9. The third-order valence-corrected chi connectivity index (χ3v) is 8.38. The summed E-state index contributed by atoms with van der Waals surface area (Å²) in [5.41, 5.74) is -2.47. The molecule has 192 valence electrons. The normalized spacial score (nSPS) is 33.7. The summed E-state index contributed by atoms with van der Waals surface area (Å²) in [6.07, 6.45) is 9.23. The second kappa shape index (κ2) is 10.4. The van der Waals surface area contributed by atoms with Gasteiger partial charge in [-0.15, -0.1) is 6.42 Å². The second-order valence-corrected chi connectivity index (χ2v) is 10.9. The van der Waals surface area contributed by atoms with E-state index in [-0.39, 0.29) is 31.2 Å². The maximum atomic E-state index is 13.2. The maximum absolute atomic E-state index is 13.2. The minimum Gasteiger partial charge on any atom is -0.462 e. The first kappa shape index (κ1) is 25.9. The van der Waals surface area contributed by atoms with Crippen molar-refractivity contribution in [1.82, 2.24) is 9.55 Å². The predicted molar refractivity (Wildman–Crippen MR) is 123 cm³/mol. The smallest absolute Gasteiger partial charge is 0.462 e. The van der Waals surface area contributed by atoms with Gasteiger partial charge in [-0.1, -0.05) is 12.8 Å². The Balaban J connectivity index is 1.40. The molecule has 3 heterocycles. The lowest BCUT2D eigenvalue weighted by Crippen LogP contribution is -2.43. The molecule has 2 aliphatic heterocycles. The monoisotopic (exact) mass is 510 g/mol. The summed E-state index contributed by atoms with van der Waals surface area (Å²) in [6, 6.07) is 1.18. The van der Waals surface area contributed by atoms with Gasteiger partial charge in [0, 0.05) is 12.3 Å². The van der Waals surface area contributed by atoms with Crippen molar-refractivity contribution in [3.8, 4) is 12.3 Å². The Bertz CT molecular complexity index is 1130. The molecule has 3 aliphatic rings. The van der Waals surface area contributed by atoms with Gasteiger partial charge in [0.05, 0.1) is 19.1 Å². The molecule has 1 aromatic heterocycles. The number of rotatable bonds is 8. The van der Waals surface area contributed by atoms with E-state index in [1.54, 1.807) is 6.92 Å². The fraction of sp³-hybridized carbons (Fsp3) is 0.696.